The average Bonchev–Trinajstić information content (AvgIpc) is 2.72. The van der Waals surface area contributed by atoms with Crippen LogP contribution >= 0.6 is 0 Å². The van der Waals surface area contributed by atoms with Crippen molar-refractivity contribution < 1.29 is 35.9 Å². The fourth-order valence-electron chi connectivity index (χ4n) is 4.29. The van der Waals surface area contributed by atoms with E-state index in [9.17, 15) is 26.4 Å². The molecule has 12 heteroatoms. The van der Waals surface area contributed by atoms with Crippen molar-refractivity contribution >= 4 is 15.9 Å². The summed E-state index contributed by atoms with van der Waals surface area (Å²) in [5.74, 6) is -1.01. The Kier molecular flexibility index (Phi) is 8.25. The van der Waals surface area contributed by atoms with Gasteiger partial charge in [0, 0.05) is 51.3 Å². The molecule has 1 aromatic carbocycles. The Balaban J connectivity index is 1.48. The number of ether oxygens (including phenoxy) is 2. The molecule has 0 aliphatic carbocycles. The van der Waals surface area contributed by atoms with Gasteiger partial charge in [0.15, 0.2) is 0 Å². The van der Waals surface area contributed by atoms with Crippen molar-refractivity contribution in [3.63, 3.8) is 0 Å². The van der Waals surface area contributed by atoms with E-state index in [1.807, 2.05) is 13.8 Å². The molecule has 3 rings (SSSR count). The number of halogens is 3. The summed E-state index contributed by atoms with van der Waals surface area (Å²) in [7, 11) is -4.00. The number of piperidine rings is 1. The van der Waals surface area contributed by atoms with Crippen molar-refractivity contribution in [1.29, 1.82) is 0 Å². The van der Waals surface area contributed by atoms with Gasteiger partial charge < -0.3 is 14.8 Å². The maximum atomic E-state index is 12.9. The average molecular weight is 494 g/mol. The molecule has 33 heavy (non-hydrogen) atoms. The molecule has 1 aromatic rings. The van der Waals surface area contributed by atoms with Crippen LogP contribution in [0.3, 0.4) is 0 Å². The molecular weight excluding hydrogens is 463 g/mol. The van der Waals surface area contributed by atoms with E-state index in [4.69, 9.17) is 4.74 Å². The zero-order valence-electron chi connectivity index (χ0n) is 18.7. The standard InChI is InChI=1S/C21H30F3N3O5S/c1-15-13-26(14-16(2)31-15)11-8-25-20(28)17-6-9-27(10-7-17)33(29,30)19-5-3-4-18(12-19)32-21(22,23)24/h3-5,12,15-17H,6-11,13-14H2,1-2H3,(H,25,28). The third-order valence-corrected chi connectivity index (χ3v) is 7.62. The van der Waals surface area contributed by atoms with Gasteiger partial charge in [0.25, 0.3) is 0 Å². The lowest BCUT2D eigenvalue weighted by Crippen LogP contribution is -2.48. The third-order valence-electron chi connectivity index (χ3n) is 5.72. The number of hydrogen-bond donors (Lipinski definition) is 1. The molecule has 0 aromatic heterocycles. The van der Waals surface area contributed by atoms with Crippen LogP contribution in [0.5, 0.6) is 5.75 Å². The first-order valence-corrected chi connectivity index (χ1v) is 12.4. The lowest BCUT2D eigenvalue weighted by Gasteiger charge is -2.35. The minimum Gasteiger partial charge on any atom is -0.406 e. The van der Waals surface area contributed by atoms with E-state index < -0.39 is 22.1 Å². The second-order valence-electron chi connectivity index (χ2n) is 8.51. The fraction of sp³-hybridized carbons (Fsp3) is 0.667. The summed E-state index contributed by atoms with van der Waals surface area (Å²) in [4.78, 5) is 14.5. The van der Waals surface area contributed by atoms with Crippen LogP contribution in [0, 0.1) is 5.92 Å². The Morgan fingerprint density at radius 3 is 2.42 bits per heavy atom. The first-order chi connectivity index (χ1) is 15.4. The van der Waals surface area contributed by atoms with Gasteiger partial charge in [0.1, 0.15) is 5.75 Å². The van der Waals surface area contributed by atoms with Gasteiger partial charge in [-0.25, -0.2) is 8.42 Å². The topological polar surface area (TPSA) is 88.2 Å². The molecule has 2 fully saturated rings. The number of morpholine rings is 1. The molecule has 2 saturated heterocycles. The number of rotatable bonds is 7. The van der Waals surface area contributed by atoms with E-state index >= 15 is 0 Å². The summed E-state index contributed by atoms with van der Waals surface area (Å²) in [6, 6.07) is 4.32. The number of nitrogens with zero attached hydrogens (tertiary/aromatic N) is 2. The molecule has 2 atom stereocenters. The number of hydrogen-bond acceptors (Lipinski definition) is 6. The van der Waals surface area contributed by atoms with Gasteiger partial charge >= 0.3 is 6.36 Å². The smallest absolute Gasteiger partial charge is 0.406 e. The molecule has 2 aliphatic rings. The maximum Gasteiger partial charge on any atom is 0.573 e. The van der Waals surface area contributed by atoms with Crippen molar-refractivity contribution in [2.45, 2.75) is 50.2 Å². The van der Waals surface area contributed by atoms with E-state index in [1.165, 1.54) is 16.4 Å². The lowest BCUT2D eigenvalue weighted by atomic mass is 9.97. The SMILES string of the molecule is CC1CN(CCNC(=O)C2CCN(S(=O)(=O)c3cccc(OC(F)(F)F)c3)CC2)CC(C)O1. The molecule has 1 amide bonds. The predicted molar refractivity (Wildman–Crippen MR) is 114 cm³/mol. The number of benzene rings is 1. The Morgan fingerprint density at radius 1 is 1.18 bits per heavy atom. The highest BCUT2D eigenvalue weighted by molar-refractivity contribution is 7.89. The minimum atomic E-state index is -4.91. The van der Waals surface area contributed by atoms with Gasteiger partial charge in [0.2, 0.25) is 15.9 Å². The van der Waals surface area contributed by atoms with Gasteiger partial charge in [0.05, 0.1) is 17.1 Å². The molecule has 0 radical (unpaired) electrons. The zero-order valence-corrected chi connectivity index (χ0v) is 19.5. The maximum absolute atomic E-state index is 12.9. The van der Waals surface area contributed by atoms with Crippen LogP contribution in [0.4, 0.5) is 13.2 Å². The Morgan fingerprint density at radius 2 is 1.82 bits per heavy atom. The van der Waals surface area contributed by atoms with Gasteiger partial charge in [-0.2, -0.15) is 4.31 Å². The number of amides is 1. The molecule has 0 bridgehead atoms. The van der Waals surface area contributed by atoms with Gasteiger partial charge in [-0.05, 0) is 38.8 Å². The van der Waals surface area contributed by atoms with Crippen LogP contribution in [0.1, 0.15) is 26.7 Å². The molecule has 0 spiro atoms. The fourth-order valence-corrected chi connectivity index (χ4v) is 5.79. The summed E-state index contributed by atoms with van der Waals surface area (Å²) < 4.78 is 73.7. The second kappa shape index (κ2) is 10.6. The quantitative estimate of drug-likeness (QED) is 0.627. The van der Waals surface area contributed by atoms with Crippen molar-refractivity contribution in [2.24, 2.45) is 5.92 Å². The Labute approximate surface area is 192 Å². The van der Waals surface area contributed by atoms with Crippen LogP contribution in [-0.2, 0) is 19.6 Å². The van der Waals surface area contributed by atoms with Crippen LogP contribution < -0.4 is 10.1 Å². The molecular formula is C21H30F3N3O5S. The number of nitrogens with one attached hydrogen (secondary N) is 1. The van der Waals surface area contributed by atoms with Gasteiger partial charge in [-0.3, -0.25) is 9.69 Å². The molecule has 8 nitrogen and oxygen atoms in total. The third kappa shape index (κ3) is 7.29. The molecule has 0 saturated carbocycles. The summed E-state index contributed by atoms with van der Waals surface area (Å²) in [6.07, 6.45) is -3.93. The van der Waals surface area contributed by atoms with Crippen molar-refractivity contribution in [2.75, 3.05) is 39.3 Å². The number of sulfonamides is 1. The van der Waals surface area contributed by atoms with E-state index in [2.05, 4.69) is 15.0 Å². The number of alkyl halides is 3. The van der Waals surface area contributed by atoms with Gasteiger partial charge in [-0.15, -0.1) is 13.2 Å². The zero-order chi connectivity index (χ0) is 24.2. The Bertz CT molecular complexity index is 910. The monoisotopic (exact) mass is 493 g/mol. The summed E-state index contributed by atoms with van der Waals surface area (Å²) in [6.45, 7) is 7.10. The van der Waals surface area contributed by atoms with E-state index in [0.717, 1.165) is 25.2 Å². The highest BCUT2D eigenvalue weighted by Gasteiger charge is 2.34. The Hall–Kier alpha value is -1.89. The van der Waals surface area contributed by atoms with Crippen molar-refractivity contribution in [3.05, 3.63) is 24.3 Å². The summed E-state index contributed by atoms with van der Waals surface area (Å²) in [5, 5.41) is 2.93. The van der Waals surface area contributed by atoms with Crippen LogP contribution in [0.15, 0.2) is 29.2 Å². The molecule has 2 heterocycles. The predicted octanol–water partition coefficient (Wildman–Crippen LogP) is 2.21. The van der Waals surface area contributed by atoms with Crippen LogP contribution in [0.25, 0.3) is 0 Å². The van der Waals surface area contributed by atoms with E-state index in [0.29, 0.717) is 25.9 Å². The number of carbonyl (C=O) groups excluding carboxylic acids is 1. The first-order valence-electron chi connectivity index (χ1n) is 11.0. The van der Waals surface area contributed by atoms with Gasteiger partial charge in [-0.1, -0.05) is 6.07 Å². The van der Waals surface area contributed by atoms with E-state index in [-0.39, 0.29) is 42.0 Å². The number of carbonyl (C=O) groups is 1. The summed E-state index contributed by atoms with van der Waals surface area (Å²) >= 11 is 0. The largest absolute Gasteiger partial charge is 0.573 e. The second-order valence-corrected chi connectivity index (χ2v) is 10.4. The minimum absolute atomic E-state index is 0.109. The molecule has 2 unspecified atom stereocenters. The lowest BCUT2D eigenvalue weighted by molar-refractivity contribution is -0.274. The normalized spacial score (nSPS) is 23.9. The van der Waals surface area contributed by atoms with E-state index in [1.54, 1.807) is 0 Å². The molecule has 2 aliphatic heterocycles. The highest BCUT2D eigenvalue weighted by atomic mass is 32.2. The van der Waals surface area contributed by atoms with Crippen molar-refractivity contribution in [1.82, 2.24) is 14.5 Å². The van der Waals surface area contributed by atoms with Crippen LogP contribution in [-0.4, -0.2) is 81.4 Å². The highest BCUT2D eigenvalue weighted by Crippen LogP contribution is 2.28. The molecule has 1 N–H and O–H groups in total. The van der Waals surface area contributed by atoms with Crippen molar-refractivity contribution in [3.8, 4) is 5.75 Å². The molecule has 186 valence electrons. The van der Waals surface area contributed by atoms with Crippen LogP contribution in [0.2, 0.25) is 0 Å². The summed E-state index contributed by atoms with van der Waals surface area (Å²) in [5.41, 5.74) is 0. The first kappa shape index (κ1) is 25.7.